The van der Waals surface area contributed by atoms with E-state index in [0.29, 0.717) is 0 Å². The molecule has 0 bridgehead atoms. The van der Waals surface area contributed by atoms with Gasteiger partial charge in [0, 0.05) is 37.4 Å². The van der Waals surface area contributed by atoms with Gasteiger partial charge in [0.05, 0.1) is 10.7 Å². The van der Waals surface area contributed by atoms with Gasteiger partial charge in [0.15, 0.2) is 0 Å². The first-order valence-electron chi connectivity index (χ1n) is 5.39. The molecule has 0 saturated carbocycles. The molecule has 0 radical (unpaired) electrons. The van der Waals surface area contributed by atoms with Crippen LogP contribution in [-0.4, -0.2) is 9.55 Å². The summed E-state index contributed by atoms with van der Waals surface area (Å²) in [5.74, 6) is 0. The molecule has 0 spiro atoms. The monoisotopic (exact) mass is 235 g/mol. The van der Waals surface area contributed by atoms with Gasteiger partial charge in [0.1, 0.15) is 0 Å². The quantitative estimate of drug-likeness (QED) is 0.882. The Morgan fingerprint density at radius 3 is 2.75 bits per heavy atom. The van der Waals surface area contributed by atoms with Crippen LogP contribution in [0.3, 0.4) is 0 Å². The molecule has 0 aliphatic heterocycles. The van der Waals surface area contributed by atoms with E-state index >= 15 is 0 Å². The molecule has 0 aromatic carbocycles. The minimum Gasteiger partial charge on any atom is -0.357 e. The molecule has 0 saturated heterocycles. The zero-order valence-corrected chi connectivity index (χ0v) is 10.8. The molecule has 0 atom stereocenters. The van der Waals surface area contributed by atoms with E-state index in [0.717, 1.165) is 18.1 Å². The normalized spacial score (nSPS) is 10.9. The summed E-state index contributed by atoms with van der Waals surface area (Å²) < 4.78 is 2.06. The summed E-state index contributed by atoms with van der Waals surface area (Å²) in [7, 11) is 2.04. The van der Waals surface area contributed by atoms with Gasteiger partial charge in [-0.2, -0.15) is 0 Å². The van der Waals surface area contributed by atoms with Crippen molar-refractivity contribution in [3.63, 3.8) is 0 Å². The van der Waals surface area contributed by atoms with E-state index in [1.165, 1.54) is 16.1 Å². The zero-order chi connectivity index (χ0) is 11.5. The van der Waals surface area contributed by atoms with Crippen molar-refractivity contribution in [2.45, 2.75) is 26.9 Å². The third-order valence-electron chi connectivity index (χ3n) is 2.51. The maximum Gasteiger partial charge on any atom is 0.0900 e. The lowest BCUT2D eigenvalue weighted by molar-refractivity contribution is 0.678. The average Bonchev–Trinajstić information content (AvgIpc) is 2.74. The molecule has 3 nitrogen and oxygen atoms in total. The summed E-state index contributed by atoms with van der Waals surface area (Å²) in [5.41, 5.74) is 2.49. The number of hydrogen-bond donors (Lipinski definition) is 1. The van der Waals surface area contributed by atoms with Crippen LogP contribution in [0.15, 0.2) is 18.5 Å². The number of thiazole rings is 1. The van der Waals surface area contributed by atoms with E-state index in [-0.39, 0.29) is 0 Å². The Kier molecular flexibility index (Phi) is 3.41. The molecule has 0 amide bonds. The summed E-state index contributed by atoms with van der Waals surface area (Å²) >= 11 is 1.76. The minimum absolute atomic E-state index is 0.852. The Balaban J connectivity index is 1.86. The summed E-state index contributed by atoms with van der Waals surface area (Å²) in [6, 6.07) is 2.13. The Bertz CT molecular complexity index is 470. The van der Waals surface area contributed by atoms with Gasteiger partial charge in [-0.25, -0.2) is 4.98 Å². The van der Waals surface area contributed by atoms with Crippen LogP contribution in [0.4, 0.5) is 0 Å². The van der Waals surface area contributed by atoms with Crippen LogP contribution in [0.5, 0.6) is 0 Å². The molecule has 2 aromatic heterocycles. The SMILES string of the molecule is Cc1nc(CNCc2ccn(C)c2)c(C)s1. The second kappa shape index (κ2) is 4.80. The number of aryl methyl sites for hydroxylation is 3. The van der Waals surface area contributed by atoms with Crippen molar-refractivity contribution in [3.8, 4) is 0 Å². The van der Waals surface area contributed by atoms with E-state index in [4.69, 9.17) is 0 Å². The third-order valence-corrected chi connectivity index (χ3v) is 3.44. The van der Waals surface area contributed by atoms with Crippen molar-refractivity contribution in [3.05, 3.63) is 39.6 Å². The van der Waals surface area contributed by atoms with Gasteiger partial charge < -0.3 is 9.88 Å². The van der Waals surface area contributed by atoms with E-state index in [9.17, 15) is 0 Å². The molecule has 2 rings (SSSR count). The Morgan fingerprint density at radius 2 is 2.19 bits per heavy atom. The lowest BCUT2D eigenvalue weighted by Crippen LogP contribution is -2.13. The molecule has 1 N–H and O–H groups in total. The summed E-state index contributed by atoms with van der Waals surface area (Å²) in [5, 5.41) is 4.56. The molecule has 0 aliphatic rings. The van der Waals surface area contributed by atoms with Crippen LogP contribution in [-0.2, 0) is 20.1 Å². The Labute approximate surface area is 100 Å². The van der Waals surface area contributed by atoms with Gasteiger partial charge >= 0.3 is 0 Å². The van der Waals surface area contributed by atoms with E-state index < -0.39 is 0 Å². The highest BCUT2D eigenvalue weighted by atomic mass is 32.1. The highest BCUT2D eigenvalue weighted by Crippen LogP contribution is 2.16. The summed E-state index contributed by atoms with van der Waals surface area (Å²) in [6.07, 6.45) is 4.20. The van der Waals surface area contributed by atoms with Crippen molar-refractivity contribution < 1.29 is 0 Å². The van der Waals surface area contributed by atoms with Crippen LogP contribution in [0.2, 0.25) is 0 Å². The predicted molar refractivity (Wildman–Crippen MR) is 67.5 cm³/mol. The molecule has 16 heavy (non-hydrogen) atoms. The number of nitrogens with zero attached hydrogens (tertiary/aromatic N) is 2. The van der Waals surface area contributed by atoms with Crippen molar-refractivity contribution in [1.29, 1.82) is 0 Å². The zero-order valence-electron chi connectivity index (χ0n) is 9.95. The fraction of sp³-hybridized carbons (Fsp3) is 0.417. The van der Waals surface area contributed by atoms with Gasteiger partial charge in [-0.05, 0) is 25.5 Å². The van der Waals surface area contributed by atoms with Crippen molar-refractivity contribution >= 4 is 11.3 Å². The Hall–Kier alpha value is -1.13. The predicted octanol–water partition coefficient (Wildman–Crippen LogP) is 2.39. The number of hydrogen-bond acceptors (Lipinski definition) is 3. The van der Waals surface area contributed by atoms with Gasteiger partial charge in [-0.3, -0.25) is 0 Å². The highest BCUT2D eigenvalue weighted by Gasteiger charge is 2.03. The second-order valence-electron chi connectivity index (χ2n) is 4.02. The van der Waals surface area contributed by atoms with E-state index in [1.54, 1.807) is 11.3 Å². The van der Waals surface area contributed by atoms with Gasteiger partial charge in [0.25, 0.3) is 0 Å². The molecule has 2 aromatic rings. The molecule has 2 heterocycles. The van der Waals surface area contributed by atoms with E-state index in [1.807, 2.05) is 7.05 Å². The smallest absolute Gasteiger partial charge is 0.0900 e. The number of nitrogens with one attached hydrogen (secondary N) is 1. The van der Waals surface area contributed by atoms with Gasteiger partial charge in [0.2, 0.25) is 0 Å². The number of rotatable bonds is 4. The first-order chi connectivity index (χ1) is 7.65. The first-order valence-corrected chi connectivity index (χ1v) is 6.21. The van der Waals surface area contributed by atoms with Crippen molar-refractivity contribution in [1.82, 2.24) is 14.9 Å². The maximum atomic E-state index is 4.50. The molecule has 0 aliphatic carbocycles. The lowest BCUT2D eigenvalue weighted by atomic mass is 10.3. The largest absolute Gasteiger partial charge is 0.357 e. The van der Waals surface area contributed by atoms with Crippen LogP contribution in [0.1, 0.15) is 21.1 Å². The van der Waals surface area contributed by atoms with Crippen LogP contribution >= 0.6 is 11.3 Å². The molecule has 86 valence electrons. The van der Waals surface area contributed by atoms with Crippen LogP contribution < -0.4 is 5.32 Å². The van der Waals surface area contributed by atoms with Crippen LogP contribution in [0.25, 0.3) is 0 Å². The molecular weight excluding hydrogens is 218 g/mol. The van der Waals surface area contributed by atoms with Gasteiger partial charge in [-0.15, -0.1) is 11.3 Å². The highest BCUT2D eigenvalue weighted by molar-refractivity contribution is 7.11. The first kappa shape index (κ1) is 11.4. The van der Waals surface area contributed by atoms with Gasteiger partial charge in [-0.1, -0.05) is 0 Å². The minimum atomic E-state index is 0.852. The molecule has 0 unspecified atom stereocenters. The Morgan fingerprint density at radius 1 is 1.38 bits per heavy atom. The fourth-order valence-corrected chi connectivity index (χ4v) is 2.56. The van der Waals surface area contributed by atoms with Crippen LogP contribution in [0, 0.1) is 13.8 Å². The molecule has 0 fully saturated rings. The summed E-state index contributed by atoms with van der Waals surface area (Å²) in [6.45, 7) is 5.94. The molecule has 4 heteroatoms. The molecular formula is C12H17N3S. The average molecular weight is 235 g/mol. The van der Waals surface area contributed by atoms with E-state index in [2.05, 4.69) is 47.2 Å². The van der Waals surface area contributed by atoms with Crippen molar-refractivity contribution in [2.75, 3.05) is 0 Å². The standard InChI is InChI=1S/C12H17N3S/c1-9-12(14-10(2)16-9)7-13-6-11-4-5-15(3)8-11/h4-5,8,13H,6-7H2,1-3H3. The van der Waals surface area contributed by atoms with Crippen molar-refractivity contribution in [2.24, 2.45) is 7.05 Å². The number of aromatic nitrogens is 2. The lowest BCUT2D eigenvalue weighted by Gasteiger charge is -2.01. The fourth-order valence-electron chi connectivity index (χ4n) is 1.73. The third kappa shape index (κ3) is 2.71. The maximum absolute atomic E-state index is 4.50. The topological polar surface area (TPSA) is 29.9 Å². The second-order valence-corrected chi connectivity index (χ2v) is 5.43. The summed E-state index contributed by atoms with van der Waals surface area (Å²) in [4.78, 5) is 5.82.